The van der Waals surface area contributed by atoms with Crippen molar-refractivity contribution in [3.8, 4) is 0 Å². The van der Waals surface area contributed by atoms with Crippen molar-refractivity contribution >= 4 is 0 Å². The van der Waals surface area contributed by atoms with E-state index >= 15 is 0 Å². The van der Waals surface area contributed by atoms with Crippen LogP contribution in [-0.2, 0) is 0 Å². The molecule has 1 atom stereocenters. The molecular formula is C10H22N2. The molecule has 12 heavy (non-hydrogen) atoms. The standard InChI is InChI=1S/C10H22N2/c1-9(2)12-7-5-4-6-10(3,11)8-12/h9H,4-8,11H2,1-3H3. The van der Waals surface area contributed by atoms with Crippen molar-refractivity contribution in [1.29, 1.82) is 0 Å². The Morgan fingerprint density at radius 3 is 2.58 bits per heavy atom. The lowest BCUT2D eigenvalue weighted by Gasteiger charge is -2.32. The Hall–Kier alpha value is -0.0800. The minimum absolute atomic E-state index is 0.0424. The summed E-state index contributed by atoms with van der Waals surface area (Å²) in [5.41, 5.74) is 6.21. The Balaban J connectivity index is 2.54. The van der Waals surface area contributed by atoms with E-state index in [0.29, 0.717) is 6.04 Å². The lowest BCUT2D eigenvalue weighted by molar-refractivity contribution is 0.193. The molecule has 2 nitrogen and oxygen atoms in total. The van der Waals surface area contributed by atoms with Gasteiger partial charge < -0.3 is 5.73 Å². The predicted molar refractivity (Wildman–Crippen MR) is 53.2 cm³/mol. The summed E-state index contributed by atoms with van der Waals surface area (Å²) in [4.78, 5) is 2.49. The van der Waals surface area contributed by atoms with Crippen LogP contribution >= 0.6 is 0 Å². The van der Waals surface area contributed by atoms with Gasteiger partial charge in [-0.1, -0.05) is 6.42 Å². The van der Waals surface area contributed by atoms with Gasteiger partial charge in [0.25, 0.3) is 0 Å². The van der Waals surface area contributed by atoms with E-state index in [0.717, 1.165) is 6.54 Å². The van der Waals surface area contributed by atoms with Crippen LogP contribution < -0.4 is 5.73 Å². The molecule has 2 N–H and O–H groups in total. The minimum atomic E-state index is 0.0424. The van der Waals surface area contributed by atoms with Crippen LogP contribution in [0.2, 0.25) is 0 Å². The zero-order valence-corrected chi connectivity index (χ0v) is 8.64. The molecule has 1 fully saturated rings. The van der Waals surface area contributed by atoms with Gasteiger partial charge in [0, 0.05) is 18.1 Å². The predicted octanol–water partition coefficient (Wildman–Crippen LogP) is 1.60. The Morgan fingerprint density at radius 1 is 1.33 bits per heavy atom. The fourth-order valence-electron chi connectivity index (χ4n) is 1.91. The Bertz CT molecular complexity index is 141. The number of rotatable bonds is 1. The van der Waals surface area contributed by atoms with Crippen LogP contribution in [0.1, 0.15) is 40.0 Å². The summed E-state index contributed by atoms with van der Waals surface area (Å²) in [6.07, 6.45) is 3.78. The van der Waals surface area contributed by atoms with Crippen LogP contribution in [0.3, 0.4) is 0 Å². The van der Waals surface area contributed by atoms with E-state index in [2.05, 4.69) is 25.7 Å². The van der Waals surface area contributed by atoms with E-state index in [4.69, 9.17) is 5.73 Å². The Kier molecular flexibility index (Phi) is 3.13. The topological polar surface area (TPSA) is 29.3 Å². The second-order valence-corrected chi connectivity index (χ2v) is 4.68. The van der Waals surface area contributed by atoms with E-state index in [9.17, 15) is 0 Å². The average molecular weight is 170 g/mol. The van der Waals surface area contributed by atoms with Crippen LogP contribution in [-0.4, -0.2) is 29.6 Å². The summed E-state index contributed by atoms with van der Waals surface area (Å²) in [5.74, 6) is 0. The first-order valence-corrected chi connectivity index (χ1v) is 5.04. The van der Waals surface area contributed by atoms with Gasteiger partial charge in [-0.3, -0.25) is 4.90 Å². The lowest BCUT2D eigenvalue weighted by atomic mass is 9.97. The molecular weight excluding hydrogens is 148 g/mol. The summed E-state index contributed by atoms with van der Waals surface area (Å²) in [6.45, 7) is 8.96. The summed E-state index contributed by atoms with van der Waals surface area (Å²) in [5, 5.41) is 0. The molecule has 72 valence electrons. The second-order valence-electron chi connectivity index (χ2n) is 4.68. The number of nitrogens with two attached hydrogens (primary N) is 1. The number of hydrogen-bond acceptors (Lipinski definition) is 2. The average Bonchev–Trinajstić information content (AvgIpc) is 2.10. The molecule has 0 bridgehead atoms. The van der Waals surface area contributed by atoms with E-state index in [1.54, 1.807) is 0 Å². The third kappa shape index (κ3) is 2.76. The van der Waals surface area contributed by atoms with Gasteiger partial charge in [0.15, 0.2) is 0 Å². The normalized spacial score (nSPS) is 33.8. The van der Waals surface area contributed by atoms with Crippen LogP contribution in [0.4, 0.5) is 0 Å². The number of hydrogen-bond donors (Lipinski definition) is 1. The highest BCUT2D eigenvalue weighted by molar-refractivity contribution is 4.86. The molecule has 0 amide bonds. The monoisotopic (exact) mass is 170 g/mol. The third-order valence-electron chi connectivity index (χ3n) is 2.74. The molecule has 1 aliphatic heterocycles. The molecule has 1 heterocycles. The molecule has 0 aromatic rings. The maximum Gasteiger partial charge on any atom is 0.0254 e. The summed E-state index contributed by atoms with van der Waals surface area (Å²) in [7, 11) is 0. The zero-order valence-electron chi connectivity index (χ0n) is 8.64. The molecule has 2 heteroatoms. The van der Waals surface area contributed by atoms with Gasteiger partial charge in [0.05, 0.1) is 0 Å². The largest absolute Gasteiger partial charge is 0.324 e. The molecule has 0 aliphatic carbocycles. The zero-order chi connectivity index (χ0) is 9.19. The van der Waals surface area contributed by atoms with Crippen LogP contribution in [0.25, 0.3) is 0 Å². The maximum atomic E-state index is 6.16. The second kappa shape index (κ2) is 3.75. The van der Waals surface area contributed by atoms with E-state index in [1.807, 2.05) is 0 Å². The number of nitrogens with zero attached hydrogens (tertiary/aromatic N) is 1. The van der Waals surface area contributed by atoms with Crippen molar-refractivity contribution in [2.75, 3.05) is 13.1 Å². The van der Waals surface area contributed by atoms with Crippen molar-refractivity contribution in [2.45, 2.75) is 51.6 Å². The first-order valence-electron chi connectivity index (χ1n) is 5.04. The summed E-state index contributed by atoms with van der Waals surface area (Å²) < 4.78 is 0. The van der Waals surface area contributed by atoms with Crippen molar-refractivity contribution in [3.63, 3.8) is 0 Å². The first kappa shape index (κ1) is 10.0. The minimum Gasteiger partial charge on any atom is -0.324 e. The van der Waals surface area contributed by atoms with Gasteiger partial charge in [-0.05, 0) is 40.2 Å². The van der Waals surface area contributed by atoms with Gasteiger partial charge in [0.1, 0.15) is 0 Å². The molecule has 1 saturated heterocycles. The maximum absolute atomic E-state index is 6.16. The molecule has 0 aromatic carbocycles. The highest BCUT2D eigenvalue weighted by atomic mass is 15.2. The molecule has 0 radical (unpaired) electrons. The third-order valence-corrected chi connectivity index (χ3v) is 2.74. The smallest absolute Gasteiger partial charge is 0.0254 e. The van der Waals surface area contributed by atoms with Crippen LogP contribution in [0, 0.1) is 0 Å². The van der Waals surface area contributed by atoms with Gasteiger partial charge in [0.2, 0.25) is 0 Å². The lowest BCUT2D eigenvalue weighted by Crippen LogP contribution is -2.48. The van der Waals surface area contributed by atoms with Crippen molar-refractivity contribution in [3.05, 3.63) is 0 Å². The highest BCUT2D eigenvalue weighted by Crippen LogP contribution is 2.19. The Morgan fingerprint density at radius 2 is 2.00 bits per heavy atom. The van der Waals surface area contributed by atoms with Crippen molar-refractivity contribution in [1.82, 2.24) is 4.90 Å². The van der Waals surface area contributed by atoms with Gasteiger partial charge in [-0.15, -0.1) is 0 Å². The summed E-state index contributed by atoms with van der Waals surface area (Å²) in [6, 6.07) is 0.644. The van der Waals surface area contributed by atoms with Gasteiger partial charge in [-0.25, -0.2) is 0 Å². The highest BCUT2D eigenvalue weighted by Gasteiger charge is 2.25. The van der Waals surface area contributed by atoms with Crippen molar-refractivity contribution in [2.24, 2.45) is 5.73 Å². The van der Waals surface area contributed by atoms with Crippen LogP contribution in [0.15, 0.2) is 0 Å². The van der Waals surface area contributed by atoms with Crippen LogP contribution in [0.5, 0.6) is 0 Å². The summed E-state index contributed by atoms with van der Waals surface area (Å²) >= 11 is 0. The molecule has 0 spiro atoms. The van der Waals surface area contributed by atoms with Gasteiger partial charge in [-0.2, -0.15) is 0 Å². The SMILES string of the molecule is CC(C)N1CCCCC(C)(N)C1. The van der Waals surface area contributed by atoms with Gasteiger partial charge >= 0.3 is 0 Å². The molecule has 0 saturated carbocycles. The fourth-order valence-corrected chi connectivity index (χ4v) is 1.91. The van der Waals surface area contributed by atoms with Crippen molar-refractivity contribution < 1.29 is 0 Å². The van der Waals surface area contributed by atoms with E-state index in [-0.39, 0.29) is 5.54 Å². The Labute approximate surface area is 76.1 Å². The molecule has 1 aliphatic rings. The first-order chi connectivity index (χ1) is 5.51. The molecule has 1 rings (SSSR count). The van der Waals surface area contributed by atoms with E-state index < -0.39 is 0 Å². The number of likely N-dealkylation sites (tertiary alicyclic amines) is 1. The fraction of sp³-hybridized carbons (Fsp3) is 1.00. The molecule has 0 aromatic heterocycles. The molecule has 1 unspecified atom stereocenters. The van der Waals surface area contributed by atoms with E-state index in [1.165, 1.54) is 25.8 Å². The quantitative estimate of drug-likeness (QED) is 0.647.